The van der Waals surface area contributed by atoms with Gasteiger partial charge in [-0.15, -0.1) is 10.2 Å². The van der Waals surface area contributed by atoms with Gasteiger partial charge in [0, 0.05) is 10.6 Å². The third kappa shape index (κ3) is 1.83. The minimum atomic E-state index is 0.398. The number of aromatic nitrogens is 4. The average molecular weight is 279 g/mol. The molecule has 0 saturated carbocycles. The molecule has 0 N–H and O–H groups in total. The number of halogens is 2. The molecule has 0 aliphatic carbocycles. The molecule has 0 bridgehead atoms. The fraction of sp³-hybridized carbons (Fsp3) is 0.0833. The van der Waals surface area contributed by atoms with Crippen molar-refractivity contribution in [1.29, 1.82) is 0 Å². The Labute approximate surface area is 113 Å². The van der Waals surface area contributed by atoms with Crippen LogP contribution in [0.5, 0.6) is 0 Å². The third-order valence-corrected chi connectivity index (χ3v) is 3.10. The summed E-state index contributed by atoms with van der Waals surface area (Å²) in [7, 11) is 0. The first-order chi connectivity index (χ1) is 8.65. The van der Waals surface area contributed by atoms with Crippen LogP contribution in [-0.2, 0) is 0 Å². The van der Waals surface area contributed by atoms with Crippen LogP contribution in [0, 0.1) is 6.92 Å². The van der Waals surface area contributed by atoms with Gasteiger partial charge < -0.3 is 0 Å². The summed E-state index contributed by atoms with van der Waals surface area (Å²) in [6.45, 7) is 1.97. The van der Waals surface area contributed by atoms with Gasteiger partial charge in [-0.3, -0.25) is 0 Å². The van der Waals surface area contributed by atoms with Crippen molar-refractivity contribution >= 4 is 28.8 Å². The maximum Gasteiger partial charge on any atom is 0.185 e. The maximum absolute atomic E-state index is 5.94. The van der Waals surface area contributed by atoms with Crippen molar-refractivity contribution in [3.05, 3.63) is 46.1 Å². The summed E-state index contributed by atoms with van der Waals surface area (Å²) in [6, 6.07) is 9.05. The largest absolute Gasteiger partial charge is 0.191 e. The van der Waals surface area contributed by atoms with Gasteiger partial charge in [-0.25, -0.2) is 0 Å². The van der Waals surface area contributed by atoms with Crippen molar-refractivity contribution in [2.75, 3.05) is 0 Å². The highest BCUT2D eigenvalue weighted by atomic mass is 35.5. The molecule has 6 heteroatoms. The van der Waals surface area contributed by atoms with E-state index in [2.05, 4.69) is 15.3 Å². The van der Waals surface area contributed by atoms with E-state index < -0.39 is 0 Å². The van der Waals surface area contributed by atoms with Crippen molar-refractivity contribution in [3.63, 3.8) is 0 Å². The van der Waals surface area contributed by atoms with Crippen molar-refractivity contribution in [2.24, 2.45) is 0 Å². The Morgan fingerprint density at radius 1 is 1.06 bits per heavy atom. The van der Waals surface area contributed by atoms with Crippen LogP contribution in [0.25, 0.3) is 17.0 Å². The molecule has 18 heavy (non-hydrogen) atoms. The molecule has 0 fully saturated rings. The third-order valence-electron chi connectivity index (χ3n) is 2.66. The summed E-state index contributed by atoms with van der Waals surface area (Å²) < 4.78 is 1.62. The van der Waals surface area contributed by atoms with E-state index in [-0.39, 0.29) is 0 Å². The van der Waals surface area contributed by atoms with Gasteiger partial charge in [0.05, 0.1) is 0 Å². The summed E-state index contributed by atoms with van der Waals surface area (Å²) in [4.78, 5) is 0. The Morgan fingerprint density at radius 2 is 1.89 bits per heavy atom. The van der Waals surface area contributed by atoms with Gasteiger partial charge in [-0.2, -0.15) is 9.61 Å². The summed E-state index contributed by atoms with van der Waals surface area (Å²) in [5.74, 6) is 0.654. The van der Waals surface area contributed by atoms with Gasteiger partial charge in [0.1, 0.15) is 5.15 Å². The van der Waals surface area contributed by atoms with Crippen LogP contribution in [0.2, 0.25) is 10.2 Å². The Bertz CT molecular complexity index is 736. The summed E-state index contributed by atoms with van der Waals surface area (Å²) in [5.41, 5.74) is 2.60. The molecule has 1 aromatic carbocycles. The number of hydrogen-bond donors (Lipinski definition) is 0. The van der Waals surface area contributed by atoms with Gasteiger partial charge in [0.25, 0.3) is 0 Å². The van der Waals surface area contributed by atoms with Crippen molar-refractivity contribution in [1.82, 2.24) is 19.8 Å². The molecule has 4 nitrogen and oxygen atoms in total. The molecule has 3 aromatic rings. The number of nitrogens with zero attached hydrogens (tertiary/aromatic N) is 4. The Balaban J connectivity index is 2.28. The molecule has 0 radical (unpaired) electrons. The highest BCUT2D eigenvalue weighted by Gasteiger charge is 2.11. The van der Waals surface area contributed by atoms with E-state index in [4.69, 9.17) is 23.2 Å². The van der Waals surface area contributed by atoms with Crippen molar-refractivity contribution < 1.29 is 0 Å². The second kappa shape index (κ2) is 4.23. The first-order valence-corrected chi connectivity index (χ1v) is 6.05. The monoisotopic (exact) mass is 278 g/mol. The van der Waals surface area contributed by atoms with E-state index in [9.17, 15) is 0 Å². The highest BCUT2D eigenvalue weighted by Crippen LogP contribution is 2.24. The van der Waals surface area contributed by atoms with Gasteiger partial charge >= 0.3 is 0 Å². The van der Waals surface area contributed by atoms with Crippen LogP contribution in [0.3, 0.4) is 0 Å². The number of aryl methyl sites for hydroxylation is 1. The fourth-order valence-electron chi connectivity index (χ4n) is 1.81. The zero-order valence-corrected chi connectivity index (χ0v) is 10.9. The molecule has 0 spiro atoms. The Hall–Kier alpha value is -1.65. The van der Waals surface area contributed by atoms with E-state index in [1.807, 2.05) is 25.1 Å². The first kappa shape index (κ1) is 11.4. The first-order valence-electron chi connectivity index (χ1n) is 5.29. The summed E-state index contributed by atoms with van der Waals surface area (Å²) >= 11 is 11.8. The van der Waals surface area contributed by atoms with Crippen molar-refractivity contribution in [3.8, 4) is 11.4 Å². The lowest BCUT2D eigenvalue weighted by atomic mass is 10.1. The molecular formula is C12H8Cl2N4. The van der Waals surface area contributed by atoms with Crippen LogP contribution in [-0.4, -0.2) is 19.8 Å². The number of hydrogen-bond acceptors (Lipinski definition) is 3. The lowest BCUT2D eigenvalue weighted by Crippen LogP contribution is -1.96. The minimum Gasteiger partial charge on any atom is -0.191 e. The molecule has 90 valence electrons. The molecular weight excluding hydrogens is 271 g/mol. The molecule has 0 atom stereocenters. The smallest absolute Gasteiger partial charge is 0.185 e. The van der Waals surface area contributed by atoms with E-state index >= 15 is 0 Å². The van der Waals surface area contributed by atoms with Crippen molar-refractivity contribution in [2.45, 2.75) is 6.92 Å². The molecule has 3 rings (SSSR count). The minimum absolute atomic E-state index is 0.398. The van der Waals surface area contributed by atoms with Crippen LogP contribution >= 0.6 is 23.2 Å². The molecule has 2 aromatic heterocycles. The second-order valence-corrected chi connectivity index (χ2v) is 4.73. The molecule has 0 aliphatic heterocycles. The fourth-order valence-corrected chi connectivity index (χ4v) is 2.18. The van der Waals surface area contributed by atoms with Gasteiger partial charge in [0.15, 0.2) is 11.5 Å². The van der Waals surface area contributed by atoms with E-state index in [0.717, 1.165) is 11.1 Å². The molecule has 0 amide bonds. The molecule has 0 saturated heterocycles. The van der Waals surface area contributed by atoms with Crippen LogP contribution in [0.4, 0.5) is 0 Å². The molecule has 0 unspecified atom stereocenters. The predicted molar refractivity (Wildman–Crippen MR) is 71.0 cm³/mol. The van der Waals surface area contributed by atoms with Gasteiger partial charge in [-0.05, 0) is 42.8 Å². The Kier molecular flexibility index (Phi) is 2.69. The van der Waals surface area contributed by atoms with E-state index in [0.29, 0.717) is 21.6 Å². The highest BCUT2D eigenvalue weighted by molar-refractivity contribution is 6.30. The van der Waals surface area contributed by atoms with Crippen LogP contribution in [0.15, 0.2) is 30.3 Å². The standard InChI is InChI=1S/C12H8Cl2N4/c1-7-6-8(13)2-3-9(7)12-16-15-11-5-4-10(14)17-18(11)12/h2-6H,1H3. The van der Waals surface area contributed by atoms with E-state index in [1.165, 1.54) is 0 Å². The van der Waals surface area contributed by atoms with E-state index in [1.54, 1.807) is 16.6 Å². The van der Waals surface area contributed by atoms with Crippen LogP contribution < -0.4 is 0 Å². The number of rotatable bonds is 1. The average Bonchev–Trinajstić information content (AvgIpc) is 2.72. The number of fused-ring (bicyclic) bond motifs is 1. The Morgan fingerprint density at radius 3 is 2.67 bits per heavy atom. The maximum atomic E-state index is 5.94. The number of benzene rings is 1. The predicted octanol–water partition coefficient (Wildman–Crippen LogP) is 3.41. The zero-order valence-electron chi connectivity index (χ0n) is 9.43. The summed E-state index contributed by atoms with van der Waals surface area (Å²) in [5, 5.41) is 13.5. The summed E-state index contributed by atoms with van der Waals surface area (Å²) in [6.07, 6.45) is 0. The quantitative estimate of drug-likeness (QED) is 0.685. The SMILES string of the molecule is Cc1cc(Cl)ccc1-c1nnc2ccc(Cl)nn12. The van der Waals surface area contributed by atoms with Crippen LogP contribution in [0.1, 0.15) is 5.56 Å². The van der Waals surface area contributed by atoms with Gasteiger partial charge in [-0.1, -0.05) is 23.2 Å². The molecule has 2 heterocycles. The second-order valence-electron chi connectivity index (χ2n) is 3.91. The molecule has 0 aliphatic rings. The lowest BCUT2D eigenvalue weighted by molar-refractivity contribution is 0.935. The van der Waals surface area contributed by atoms with Gasteiger partial charge in [0.2, 0.25) is 0 Å². The topological polar surface area (TPSA) is 43.1 Å². The lowest BCUT2D eigenvalue weighted by Gasteiger charge is -2.04. The normalized spacial score (nSPS) is 11.1. The zero-order chi connectivity index (χ0) is 12.7.